The molecule has 0 atom stereocenters. The van der Waals surface area contributed by atoms with Crippen molar-refractivity contribution in [2.75, 3.05) is 0 Å². The summed E-state index contributed by atoms with van der Waals surface area (Å²) in [7, 11) is 0. The summed E-state index contributed by atoms with van der Waals surface area (Å²) < 4.78 is 2.09. The van der Waals surface area contributed by atoms with Crippen LogP contribution in [0.1, 0.15) is 28.1 Å². The van der Waals surface area contributed by atoms with Crippen molar-refractivity contribution in [3.63, 3.8) is 0 Å². The Morgan fingerprint density at radius 3 is 2.52 bits per heavy atom. The molecule has 0 saturated carbocycles. The van der Waals surface area contributed by atoms with Crippen molar-refractivity contribution in [2.24, 2.45) is 4.99 Å². The molecule has 0 aliphatic carbocycles. The zero-order valence-electron chi connectivity index (χ0n) is 16.9. The molecule has 0 unspecified atom stereocenters. The van der Waals surface area contributed by atoms with Crippen LogP contribution in [0.5, 0.6) is 0 Å². The van der Waals surface area contributed by atoms with Crippen molar-refractivity contribution in [2.45, 2.75) is 27.7 Å². The molecule has 0 bridgehead atoms. The first-order valence-electron chi connectivity index (χ1n) is 9.39. The average molecular weight is 403 g/mol. The van der Waals surface area contributed by atoms with E-state index < -0.39 is 0 Å². The molecule has 3 aromatic rings. The molecule has 2 aromatic heterocycles. The van der Waals surface area contributed by atoms with Crippen LogP contribution in [0.4, 0.5) is 5.69 Å². The van der Waals surface area contributed by atoms with Gasteiger partial charge in [0.15, 0.2) is 5.17 Å². The number of hydrogen-bond donors (Lipinski definition) is 1. The first kappa shape index (κ1) is 19.2. The van der Waals surface area contributed by atoms with Gasteiger partial charge in [0.25, 0.3) is 5.91 Å². The number of rotatable bonds is 3. The summed E-state index contributed by atoms with van der Waals surface area (Å²) in [6, 6.07) is 14.0. The van der Waals surface area contributed by atoms with Crippen molar-refractivity contribution < 1.29 is 4.79 Å². The summed E-state index contributed by atoms with van der Waals surface area (Å²) in [5, 5.41) is 3.47. The summed E-state index contributed by atoms with van der Waals surface area (Å²) in [5.74, 6) is 0.744. The molecule has 1 aliphatic rings. The topological polar surface area (TPSA) is 59.3 Å². The van der Waals surface area contributed by atoms with Crippen LogP contribution in [-0.2, 0) is 4.79 Å². The summed E-state index contributed by atoms with van der Waals surface area (Å²) in [6.45, 7) is 8.16. The highest BCUT2D eigenvalue weighted by Gasteiger charge is 2.24. The Hall–Kier alpha value is -3.12. The zero-order valence-corrected chi connectivity index (χ0v) is 17.7. The Labute approximate surface area is 174 Å². The quantitative estimate of drug-likeness (QED) is 0.628. The van der Waals surface area contributed by atoms with Gasteiger partial charge < -0.3 is 9.88 Å². The third-order valence-corrected chi connectivity index (χ3v) is 5.63. The molecule has 3 heterocycles. The second kappa shape index (κ2) is 7.72. The number of amides is 1. The Kier molecular flexibility index (Phi) is 5.11. The summed E-state index contributed by atoms with van der Waals surface area (Å²) in [6.07, 6.45) is 3.70. The van der Waals surface area contributed by atoms with Gasteiger partial charge in [0.1, 0.15) is 5.82 Å². The minimum absolute atomic E-state index is 0.124. The van der Waals surface area contributed by atoms with Gasteiger partial charge in [0.05, 0.1) is 10.6 Å². The van der Waals surface area contributed by atoms with Crippen LogP contribution in [0.2, 0.25) is 0 Å². The predicted octanol–water partition coefficient (Wildman–Crippen LogP) is 5.00. The highest BCUT2D eigenvalue weighted by atomic mass is 32.2. The normalized spacial score (nSPS) is 16.6. The van der Waals surface area contributed by atoms with E-state index >= 15 is 0 Å². The molecule has 0 radical (unpaired) electrons. The van der Waals surface area contributed by atoms with Crippen LogP contribution in [0, 0.1) is 27.7 Å². The van der Waals surface area contributed by atoms with Crippen molar-refractivity contribution in [1.82, 2.24) is 14.9 Å². The fraction of sp³-hybridized carbons (Fsp3) is 0.174. The fourth-order valence-electron chi connectivity index (χ4n) is 3.53. The van der Waals surface area contributed by atoms with Crippen LogP contribution in [0.25, 0.3) is 11.9 Å². The van der Waals surface area contributed by atoms with Gasteiger partial charge in [-0.3, -0.25) is 4.79 Å². The van der Waals surface area contributed by atoms with Gasteiger partial charge in [-0.15, -0.1) is 0 Å². The Balaban J connectivity index is 1.64. The lowest BCUT2D eigenvalue weighted by molar-refractivity contribution is -0.115. The molecule has 1 aromatic carbocycles. The third kappa shape index (κ3) is 4.03. The SMILES string of the molecule is Cc1cc(C)cc(N=C2NC(=O)/C(=C/c3cc(C)n(-c4ccccn4)c3C)S2)c1. The molecule has 1 N–H and O–H groups in total. The summed E-state index contributed by atoms with van der Waals surface area (Å²) in [4.78, 5) is 22.2. The average Bonchev–Trinajstić information content (AvgIpc) is 3.13. The van der Waals surface area contributed by atoms with Crippen LogP contribution in [-0.4, -0.2) is 20.6 Å². The maximum Gasteiger partial charge on any atom is 0.264 e. The number of aliphatic imine (C=N–C) groups is 1. The van der Waals surface area contributed by atoms with E-state index in [4.69, 9.17) is 0 Å². The monoisotopic (exact) mass is 402 g/mol. The van der Waals surface area contributed by atoms with E-state index in [1.165, 1.54) is 11.8 Å². The molecule has 0 spiro atoms. The van der Waals surface area contributed by atoms with Crippen LogP contribution in [0.3, 0.4) is 0 Å². The molecule has 146 valence electrons. The van der Waals surface area contributed by atoms with Crippen molar-refractivity contribution in [3.8, 4) is 5.82 Å². The number of thioether (sulfide) groups is 1. The molecular weight excluding hydrogens is 380 g/mol. The molecule has 29 heavy (non-hydrogen) atoms. The number of benzene rings is 1. The van der Waals surface area contributed by atoms with E-state index in [1.54, 1.807) is 6.20 Å². The molecule has 1 amide bonds. The lowest BCUT2D eigenvalue weighted by atomic mass is 10.1. The number of aromatic nitrogens is 2. The Bertz CT molecular complexity index is 1140. The van der Waals surface area contributed by atoms with Gasteiger partial charge in [-0.25, -0.2) is 9.98 Å². The van der Waals surface area contributed by atoms with Crippen molar-refractivity contribution in [1.29, 1.82) is 0 Å². The largest absolute Gasteiger partial charge is 0.303 e. The minimum Gasteiger partial charge on any atom is -0.303 e. The lowest BCUT2D eigenvalue weighted by Crippen LogP contribution is -2.19. The molecule has 5 nitrogen and oxygen atoms in total. The highest BCUT2D eigenvalue weighted by Crippen LogP contribution is 2.30. The second-order valence-corrected chi connectivity index (χ2v) is 8.21. The number of hydrogen-bond acceptors (Lipinski definition) is 4. The number of nitrogens with one attached hydrogen (secondary N) is 1. The molecular formula is C23H22N4OS. The van der Waals surface area contributed by atoms with Gasteiger partial charge in [-0.2, -0.15) is 0 Å². The third-order valence-electron chi connectivity index (χ3n) is 4.72. The van der Waals surface area contributed by atoms with Gasteiger partial charge in [-0.05, 0) is 92.6 Å². The Morgan fingerprint density at radius 1 is 1.07 bits per heavy atom. The van der Waals surface area contributed by atoms with E-state index in [0.717, 1.165) is 39.6 Å². The molecule has 1 saturated heterocycles. The van der Waals surface area contributed by atoms with Crippen molar-refractivity contribution in [3.05, 3.63) is 81.6 Å². The number of pyridine rings is 1. The van der Waals surface area contributed by atoms with Gasteiger partial charge in [0.2, 0.25) is 0 Å². The van der Waals surface area contributed by atoms with E-state index in [0.29, 0.717) is 10.1 Å². The number of carbonyl (C=O) groups is 1. The van der Waals surface area contributed by atoms with Gasteiger partial charge in [-0.1, -0.05) is 12.1 Å². The maximum atomic E-state index is 12.5. The maximum absolute atomic E-state index is 12.5. The molecule has 1 aliphatic heterocycles. The smallest absolute Gasteiger partial charge is 0.264 e. The fourth-order valence-corrected chi connectivity index (χ4v) is 4.36. The number of amidine groups is 1. The molecule has 4 rings (SSSR count). The molecule has 1 fully saturated rings. The van der Waals surface area contributed by atoms with E-state index in [9.17, 15) is 4.79 Å². The van der Waals surface area contributed by atoms with Crippen LogP contribution >= 0.6 is 11.8 Å². The highest BCUT2D eigenvalue weighted by molar-refractivity contribution is 8.18. The van der Waals surface area contributed by atoms with Gasteiger partial charge >= 0.3 is 0 Å². The lowest BCUT2D eigenvalue weighted by Gasteiger charge is -2.07. The minimum atomic E-state index is -0.124. The molecule has 6 heteroatoms. The summed E-state index contributed by atoms with van der Waals surface area (Å²) >= 11 is 1.37. The van der Waals surface area contributed by atoms with Gasteiger partial charge in [0, 0.05) is 17.6 Å². The number of nitrogens with zero attached hydrogens (tertiary/aromatic N) is 3. The van der Waals surface area contributed by atoms with E-state index in [1.807, 2.05) is 64.1 Å². The van der Waals surface area contributed by atoms with Crippen LogP contribution in [0.15, 0.2) is 58.6 Å². The summed E-state index contributed by atoms with van der Waals surface area (Å²) in [5.41, 5.74) is 6.26. The van der Waals surface area contributed by atoms with E-state index in [2.05, 4.69) is 32.0 Å². The van der Waals surface area contributed by atoms with E-state index in [-0.39, 0.29) is 5.91 Å². The predicted molar refractivity (Wildman–Crippen MR) is 120 cm³/mol. The first-order valence-corrected chi connectivity index (χ1v) is 10.2. The number of carbonyl (C=O) groups excluding carboxylic acids is 1. The standard InChI is InChI=1S/C23H22N4OS/c1-14-9-15(2)11-19(10-14)25-23-26-22(28)20(29-23)13-18-12-16(3)27(17(18)4)21-7-5-6-8-24-21/h5-13H,1-4H3,(H,25,26,28)/b20-13-. The van der Waals surface area contributed by atoms with Crippen molar-refractivity contribution >= 4 is 34.6 Å². The van der Waals surface area contributed by atoms with Crippen LogP contribution < -0.4 is 5.32 Å². The first-order chi connectivity index (χ1) is 13.9. The zero-order chi connectivity index (χ0) is 20.5. The second-order valence-electron chi connectivity index (χ2n) is 7.18. The Morgan fingerprint density at radius 2 is 1.83 bits per heavy atom. The number of aryl methyl sites for hydroxylation is 3.